The molecule has 15 heavy (non-hydrogen) atoms. The molecule has 4 heteroatoms. The molecule has 0 saturated heterocycles. The number of carbonyl (C=O) groups is 1. The summed E-state index contributed by atoms with van der Waals surface area (Å²) in [7, 11) is 0. The summed E-state index contributed by atoms with van der Waals surface area (Å²) in [5.74, 6) is 0. The first kappa shape index (κ1) is 9.71. The lowest BCUT2D eigenvalue weighted by atomic mass is 10.0. The Labute approximate surface area is 87.9 Å². The van der Waals surface area contributed by atoms with Crippen LogP contribution < -0.4 is 0 Å². The van der Waals surface area contributed by atoms with E-state index in [1.807, 2.05) is 24.3 Å². The van der Waals surface area contributed by atoms with Crippen molar-refractivity contribution in [1.82, 2.24) is 9.88 Å². The van der Waals surface area contributed by atoms with Gasteiger partial charge in [-0.05, 0) is 24.1 Å². The maximum Gasteiger partial charge on any atom is 0.407 e. The van der Waals surface area contributed by atoms with Gasteiger partial charge in [0.1, 0.15) is 0 Å². The molecule has 1 amide bonds. The molecule has 1 aromatic rings. The van der Waals surface area contributed by atoms with Gasteiger partial charge in [-0.25, -0.2) is 4.79 Å². The molecule has 0 fully saturated rings. The molecule has 0 aliphatic carbocycles. The molecule has 0 unspecified atom stereocenters. The van der Waals surface area contributed by atoms with Crippen LogP contribution >= 0.6 is 0 Å². The Morgan fingerprint density at radius 1 is 1.47 bits per heavy atom. The highest BCUT2D eigenvalue weighted by Gasteiger charge is 2.16. The molecule has 2 rings (SSSR count). The molecule has 0 radical (unpaired) electrons. The number of aromatic nitrogens is 1. The van der Waals surface area contributed by atoms with E-state index in [1.54, 1.807) is 6.20 Å². The first-order chi connectivity index (χ1) is 7.27. The first-order valence-electron chi connectivity index (χ1n) is 4.85. The quantitative estimate of drug-likeness (QED) is 0.759. The molecular formula is C11H12N2O2. The van der Waals surface area contributed by atoms with Gasteiger partial charge in [-0.1, -0.05) is 12.1 Å². The summed E-state index contributed by atoms with van der Waals surface area (Å²) < 4.78 is 0. The van der Waals surface area contributed by atoms with E-state index in [1.165, 1.54) is 4.90 Å². The molecule has 2 heterocycles. The number of carboxylic acid groups (broad SMARTS) is 1. The standard InChI is InChI=1S/C11H12N2O2/c14-11(15)13-7-4-9(5-8-13)10-3-1-2-6-12-10/h1-4,6H,5,7-8H2,(H,14,15). The van der Waals surface area contributed by atoms with Crippen LogP contribution in [0.4, 0.5) is 4.79 Å². The molecule has 1 aliphatic rings. The maximum atomic E-state index is 10.7. The minimum atomic E-state index is -0.855. The van der Waals surface area contributed by atoms with E-state index in [0.717, 1.165) is 17.7 Å². The molecule has 0 atom stereocenters. The molecule has 0 saturated carbocycles. The molecular weight excluding hydrogens is 192 g/mol. The summed E-state index contributed by atoms with van der Waals surface area (Å²) in [6.45, 7) is 1.01. The SMILES string of the molecule is O=C(O)N1CC=C(c2ccccn2)CC1. The lowest BCUT2D eigenvalue weighted by molar-refractivity contribution is 0.150. The van der Waals surface area contributed by atoms with Crippen molar-refractivity contribution in [2.45, 2.75) is 6.42 Å². The lowest BCUT2D eigenvalue weighted by Gasteiger charge is -2.23. The van der Waals surface area contributed by atoms with Crippen molar-refractivity contribution in [3.05, 3.63) is 36.2 Å². The van der Waals surface area contributed by atoms with Crippen LogP contribution in [0.25, 0.3) is 5.57 Å². The Morgan fingerprint density at radius 2 is 2.33 bits per heavy atom. The normalized spacial score (nSPS) is 16.0. The van der Waals surface area contributed by atoms with Crippen LogP contribution in [0.15, 0.2) is 30.5 Å². The minimum absolute atomic E-state index is 0.460. The third-order valence-electron chi connectivity index (χ3n) is 2.47. The number of hydrogen-bond acceptors (Lipinski definition) is 2. The smallest absolute Gasteiger partial charge is 0.407 e. The summed E-state index contributed by atoms with van der Waals surface area (Å²) in [6, 6.07) is 5.76. The summed E-state index contributed by atoms with van der Waals surface area (Å²) in [5.41, 5.74) is 2.08. The number of pyridine rings is 1. The summed E-state index contributed by atoms with van der Waals surface area (Å²) in [5, 5.41) is 8.78. The number of hydrogen-bond donors (Lipinski definition) is 1. The highest BCUT2D eigenvalue weighted by Crippen LogP contribution is 2.19. The molecule has 1 aromatic heterocycles. The fraction of sp³-hybridized carbons (Fsp3) is 0.273. The average Bonchev–Trinajstić information content (AvgIpc) is 2.30. The van der Waals surface area contributed by atoms with Crippen molar-refractivity contribution < 1.29 is 9.90 Å². The number of nitrogens with zero attached hydrogens (tertiary/aromatic N) is 2. The number of rotatable bonds is 1. The second-order valence-corrected chi connectivity index (χ2v) is 3.42. The topological polar surface area (TPSA) is 53.4 Å². The van der Waals surface area contributed by atoms with E-state index in [2.05, 4.69) is 4.98 Å². The van der Waals surface area contributed by atoms with Gasteiger partial charge in [0.25, 0.3) is 0 Å². The van der Waals surface area contributed by atoms with Crippen LogP contribution in [0.5, 0.6) is 0 Å². The van der Waals surface area contributed by atoms with Crippen LogP contribution in [0.1, 0.15) is 12.1 Å². The Balaban J connectivity index is 2.12. The van der Waals surface area contributed by atoms with Crippen molar-refractivity contribution >= 4 is 11.7 Å². The zero-order valence-electron chi connectivity index (χ0n) is 8.26. The van der Waals surface area contributed by atoms with E-state index >= 15 is 0 Å². The van der Waals surface area contributed by atoms with Gasteiger partial charge in [-0.15, -0.1) is 0 Å². The second-order valence-electron chi connectivity index (χ2n) is 3.42. The Kier molecular flexibility index (Phi) is 2.67. The van der Waals surface area contributed by atoms with Gasteiger partial charge in [0.05, 0.1) is 5.69 Å². The molecule has 4 nitrogen and oxygen atoms in total. The molecule has 0 bridgehead atoms. The van der Waals surface area contributed by atoms with Crippen molar-refractivity contribution in [2.24, 2.45) is 0 Å². The highest BCUT2D eigenvalue weighted by atomic mass is 16.4. The van der Waals surface area contributed by atoms with E-state index < -0.39 is 6.09 Å². The summed E-state index contributed by atoms with van der Waals surface area (Å²) >= 11 is 0. The molecule has 0 aromatic carbocycles. The zero-order valence-corrected chi connectivity index (χ0v) is 8.26. The van der Waals surface area contributed by atoms with Gasteiger partial charge < -0.3 is 10.0 Å². The van der Waals surface area contributed by atoms with Crippen LogP contribution in [0, 0.1) is 0 Å². The average molecular weight is 204 g/mol. The fourth-order valence-electron chi connectivity index (χ4n) is 1.63. The van der Waals surface area contributed by atoms with Crippen LogP contribution in [-0.2, 0) is 0 Å². The van der Waals surface area contributed by atoms with Gasteiger partial charge in [0.15, 0.2) is 0 Å². The third kappa shape index (κ3) is 2.15. The largest absolute Gasteiger partial charge is 0.465 e. The maximum absolute atomic E-state index is 10.7. The van der Waals surface area contributed by atoms with Crippen molar-refractivity contribution in [2.75, 3.05) is 13.1 Å². The molecule has 78 valence electrons. The van der Waals surface area contributed by atoms with Gasteiger partial charge >= 0.3 is 6.09 Å². The first-order valence-corrected chi connectivity index (χ1v) is 4.85. The monoisotopic (exact) mass is 204 g/mol. The highest BCUT2D eigenvalue weighted by molar-refractivity contribution is 5.69. The predicted molar refractivity (Wildman–Crippen MR) is 56.4 cm³/mol. The Hall–Kier alpha value is -1.84. The number of amides is 1. The van der Waals surface area contributed by atoms with Gasteiger partial charge in [-0.3, -0.25) is 4.98 Å². The summed E-state index contributed by atoms with van der Waals surface area (Å²) in [6.07, 6.45) is 3.56. The molecule has 1 aliphatic heterocycles. The van der Waals surface area contributed by atoms with Gasteiger partial charge in [0.2, 0.25) is 0 Å². The summed E-state index contributed by atoms with van der Waals surface area (Å²) in [4.78, 5) is 16.3. The van der Waals surface area contributed by atoms with Crippen molar-refractivity contribution in [3.8, 4) is 0 Å². The molecule has 1 N–H and O–H groups in total. The van der Waals surface area contributed by atoms with E-state index in [9.17, 15) is 4.79 Å². The Bertz CT molecular complexity index is 387. The fourth-order valence-corrected chi connectivity index (χ4v) is 1.63. The van der Waals surface area contributed by atoms with E-state index in [4.69, 9.17) is 5.11 Å². The van der Waals surface area contributed by atoms with Crippen LogP contribution in [-0.4, -0.2) is 34.2 Å². The second kappa shape index (κ2) is 4.13. The zero-order chi connectivity index (χ0) is 10.7. The van der Waals surface area contributed by atoms with Crippen molar-refractivity contribution in [1.29, 1.82) is 0 Å². The van der Waals surface area contributed by atoms with E-state index in [0.29, 0.717) is 13.1 Å². The van der Waals surface area contributed by atoms with Crippen molar-refractivity contribution in [3.63, 3.8) is 0 Å². The van der Waals surface area contributed by atoms with Crippen LogP contribution in [0.3, 0.4) is 0 Å². The molecule has 0 spiro atoms. The van der Waals surface area contributed by atoms with Gasteiger partial charge in [0, 0.05) is 19.3 Å². The minimum Gasteiger partial charge on any atom is -0.465 e. The predicted octanol–water partition coefficient (Wildman–Crippen LogP) is 1.85. The lowest BCUT2D eigenvalue weighted by Crippen LogP contribution is -2.33. The Morgan fingerprint density at radius 3 is 2.87 bits per heavy atom. The van der Waals surface area contributed by atoms with Gasteiger partial charge in [-0.2, -0.15) is 0 Å². The third-order valence-corrected chi connectivity index (χ3v) is 2.47. The van der Waals surface area contributed by atoms with E-state index in [-0.39, 0.29) is 0 Å². The van der Waals surface area contributed by atoms with Crippen LogP contribution in [0.2, 0.25) is 0 Å².